The zero-order valence-electron chi connectivity index (χ0n) is 10.2. The van der Waals surface area contributed by atoms with Gasteiger partial charge in [-0.05, 0) is 17.2 Å². The largest absolute Gasteiger partial charge is 0.395 e. The highest BCUT2D eigenvalue weighted by Gasteiger charge is 2.11. The van der Waals surface area contributed by atoms with Crippen LogP contribution in [0.2, 0.25) is 0 Å². The number of anilines is 1. The summed E-state index contributed by atoms with van der Waals surface area (Å²) in [5.74, 6) is 0. The van der Waals surface area contributed by atoms with Gasteiger partial charge in [0, 0.05) is 12.2 Å². The first kappa shape index (κ1) is 12.6. The van der Waals surface area contributed by atoms with Gasteiger partial charge in [-0.3, -0.25) is 0 Å². The second-order valence-corrected chi connectivity index (χ2v) is 4.13. The van der Waals surface area contributed by atoms with Crippen molar-refractivity contribution in [3.8, 4) is 0 Å². The molecule has 0 aliphatic rings. The molecule has 0 amide bonds. The lowest BCUT2D eigenvalue weighted by molar-refractivity contribution is 0.311. The first-order valence-electron chi connectivity index (χ1n) is 6.07. The van der Waals surface area contributed by atoms with Gasteiger partial charge in [-0.25, -0.2) is 0 Å². The topological polar surface area (TPSA) is 58.3 Å². The zero-order chi connectivity index (χ0) is 12.8. The number of rotatable bonds is 5. The van der Waals surface area contributed by atoms with Crippen molar-refractivity contribution in [1.82, 2.24) is 0 Å². The summed E-state index contributed by atoms with van der Waals surface area (Å²) in [7, 11) is 0. The molecule has 4 N–H and O–H groups in total. The molecule has 3 nitrogen and oxygen atoms in total. The van der Waals surface area contributed by atoms with E-state index >= 15 is 0 Å². The molecular weight excluding hydrogens is 224 g/mol. The lowest BCUT2D eigenvalue weighted by atomic mass is 9.98. The maximum absolute atomic E-state index is 8.88. The van der Waals surface area contributed by atoms with Gasteiger partial charge >= 0.3 is 0 Å². The van der Waals surface area contributed by atoms with E-state index in [1.165, 1.54) is 0 Å². The normalized spacial score (nSPS) is 12.1. The van der Waals surface area contributed by atoms with Crippen LogP contribution in [0.3, 0.4) is 0 Å². The fraction of sp³-hybridized carbons (Fsp3) is 0.200. The van der Waals surface area contributed by atoms with Crippen molar-refractivity contribution in [2.45, 2.75) is 6.04 Å². The summed E-state index contributed by atoms with van der Waals surface area (Å²) in [6.07, 6.45) is 0. The quantitative estimate of drug-likeness (QED) is 0.753. The number of nitrogens with two attached hydrogens (primary N) is 1. The average molecular weight is 242 g/mol. The number of aliphatic hydroxyl groups excluding tert-OH is 1. The number of para-hydroxylation sites is 1. The summed E-state index contributed by atoms with van der Waals surface area (Å²) < 4.78 is 0. The van der Waals surface area contributed by atoms with Crippen molar-refractivity contribution < 1.29 is 5.11 Å². The molecule has 0 fully saturated rings. The van der Waals surface area contributed by atoms with Crippen LogP contribution >= 0.6 is 0 Å². The summed E-state index contributed by atoms with van der Waals surface area (Å²) >= 11 is 0. The minimum absolute atomic E-state index is 0.106. The standard InChI is InChI=1S/C15H18N2O/c16-15(12-6-2-1-3-7-12)13-8-4-5-9-14(13)17-10-11-18/h1-9,15,17-18H,10-11,16H2. The van der Waals surface area contributed by atoms with E-state index in [1.807, 2.05) is 54.6 Å². The van der Waals surface area contributed by atoms with Crippen LogP contribution in [0.25, 0.3) is 0 Å². The average Bonchev–Trinajstić information content (AvgIpc) is 2.45. The van der Waals surface area contributed by atoms with Crippen molar-refractivity contribution in [2.75, 3.05) is 18.5 Å². The Kier molecular flexibility index (Phi) is 4.34. The van der Waals surface area contributed by atoms with E-state index in [1.54, 1.807) is 0 Å². The smallest absolute Gasteiger partial charge is 0.0604 e. The van der Waals surface area contributed by atoms with Crippen molar-refractivity contribution in [3.63, 3.8) is 0 Å². The van der Waals surface area contributed by atoms with Crippen LogP contribution in [0.5, 0.6) is 0 Å². The monoisotopic (exact) mass is 242 g/mol. The molecule has 0 aliphatic heterocycles. The maximum atomic E-state index is 8.88. The number of aliphatic hydroxyl groups is 1. The highest BCUT2D eigenvalue weighted by Crippen LogP contribution is 2.26. The summed E-state index contributed by atoms with van der Waals surface area (Å²) in [6.45, 7) is 0.632. The van der Waals surface area contributed by atoms with Crippen LogP contribution in [-0.4, -0.2) is 18.3 Å². The molecule has 2 aromatic rings. The van der Waals surface area contributed by atoms with E-state index in [4.69, 9.17) is 10.8 Å². The highest BCUT2D eigenvalue weighted by atomic mass is 16.3. The van der Waals surface area contributed by atoms with Gasteiger partial charge in [-0.1, -0.05) is 48.5 Å². The molecule has 2 rings (SSSR count). The lowest BCUT2D eigenvalue weighted by Gasteiger charge is -2.17. The predicted octanol–water partition coefficient (Wildman–Crippen LogP) is 2.14. The molecule has 0 aromatic heterocycles. The fourth-order valence-corrected chi connectivity index (χ4v) is 1.96. The Hall–Kier alpha value is -1.84. The molecule has 0 saturated carbocycles. The summed E-state index contributed by atoms with van der Waals surface area (Å²) in [6, 6.07) is 17.8. The van der Waals surface area contributed by atoms with Crippen molar-refractivity contribution in [2.24, 2.45) is 5.73 Å². The van der Waals surface area contributed by atoms with Gasteiger partial charge in [0.1, 0.15) is 0 Å². The summed E-state index contributed by atoms with van der Waals surface area (Å²) in [4.78, 5) is 0. The Bertz CT molecular complexity index is 485. The van der Waals surface area contributed by atoms with E-state index in [2.05, 4.69) is 5.32 Å². The van der Waals surface area contributed by atoms with Crippen molar-refractivity contribution in [1.29, 1.82) is 0 Å². The van der Waals surface area contributed by atoms with Gasteiger partial charge < -0.3 is 16.2 Å². The number of hydrogen-bond acceptors (Lipinski definition) is 3. The Morgan fingerprint density at radius 1 is 1.00 bits per heavy atom. The molecule has 1 unspecified atom stereocenters. The van der Waals surface area contributed by atoms with Crippen molar-refractivity contribution in [3.05, 3.63) is 65.7 Å². The predicted molar refractivity (Wildman–Crippen MR) is 74.5 cm³/mol. The molecule has 0 spiro atoms. The van der Waals surface area contributed by atoms with Gasteiger partial charge in [0.15, 0.2) is 0 Å². The Labute approximate surface area is 107 Å². The molecule has 1 atom stereocenters. The molecular formula is C15H18N2O. The van der Waals surface area contributed by atoms with Crippen LogP contribution in [0.15, 0.2) is 54.6 Å². The van der Waals surface area contributed by atoms with Gasteiger partial charge in [-0.15, -0.1) is 0 Å². The fourth-order valence-electron chi connectivity index (χ4n) is 1.96. The second kappa shape index (κ2) is 6.19. The van der Waals surface area contributed by atoms with Gasteiger partial charge in [0.25, 0.3) is 0 Å². The third-order valence-corrected chi connectivity index (χ3v) is 2.88. The number of hydrogen-bond donors (Lipinski definition) is 3. The molecule has 0 aliphatic carbocycles. The Morgan fingerprint density at radius 2 is 1.67 bits per heavy atom. The molecule has 0 saturated heterocycles. The lowest BCUT2D eigenvalue weighted by Crippen LogP contribution is -2.15. The number of benzene rings is 2. The van der Waals surface area contributed by atoms with Crippen LogP contribution in [0.1, 0.15) is 17.2 Å². The van der Waals surface area contributed by atoms with E-state index in [0.29, 0.717) is 6.54 Å². The first-order chi connectivity index (χ1) is 8.83. The van der Waals surface area contributed by atoms with Crippen molar-refractivity contribution >= 4 is 5.69 Å². The third-order valence-electron chi connectivity index (χ3n) is 2.88. The van der Waals surface area contributed by atoms with E-state index < -0.39 is 0 Å². The Morgan fingerprint density at radius 3 is 2.39 bits per heavy atom. The molecule has 0 bridgehead atoms. The van der Waals surface area contributed by atoms with Crippen LogP contribution < -0.4 is 11.1 Å². The SMILES string of the molecule is NC(c1ccccc1)c1ccccc1NCCO. The van der Waals surface area contributed by atoms with Gasteiger partial charge in [0.2, 0.25) is 0 Å². The first-order valence-corrected chi connectivity index (χ1v) is 6.07. The van der Waals surface area contributed by atoms with Crippen LogP contribution in [0.4, 0.5) is 5.69 Å². The second-order valence-electron chi connectivity index (χ2n) is 4.13. The zero-order valence-corrected chi connectivity index (χ0v) is 10.2. The van der Waals surface area contributed by atoms with E-state index in [9.17, 15) is 0 Å². The minimum Gasteiger partial charge on any atom is -0.395 e. The molecule has 2 aromatic carbocycles. The third kappa shape index (κ3) is 2.88. The van der Waals surface area contributed by atoms with E-state index in [-0.39, 0.29) is 12.6 Å². The maximum Gasteiger partial charge on any atom is 0.0604 e. The highest BCUT2D eigenvalue weighted by molar-refractivity contribution is 5.54. The minimum atomic E-state index is -0.159. The van der Waals surface area contributed by atoms with Crippen LogP contribution in [-0.2, 0) is 0 Å². The molecule has 18 heavy (non-hydrogen) atoms. The molecule has 3 heteroatoms. The number of nitrogens with one attached hydrogen (secondary N) is 1. The summed E-state index contributed by atoms with van der Waals surface area (Å²) in [5, 5.41) is 12.1. The Balaban J connectivity index is 2.27. The van der Waals surface area contributed by atoms with Gasteiger partial charge in [-0.2, -0.15) is 0 Å². The van der Waals surface area contributed by atoms with Crippen LogP contribution in [0, 0.1) is 0 Å². The molecule has 0 heterocycles. The summed E-state index contributed by atoms with van der Waals surface area (Å²) in [5.41, 5.74) is 9.38. The van der Waals surface area contributed by atoms with Gasteiger partial charge in [0.05, 0.1) is 12.6 Å². The molecule has 94 valence electrons. The molecule has 0 radical (unpaired) electrons. The van der Waals surface area contributed by atoms with E-state index in [0.717, 1.165) is 16.8 Å².